The molecule has 0 unspecified atom stereocenters. The summed E-state index contributed by atoms with van der Waals surface area (Å²) in [5.74, 6) is -0.326. The van der Waals surface area contributed by atoms with Crippen LogP contribution < -0.4 is 0 Å². The number of hydrogen-bond donors (Lipinski definition) is 2. The van der Waals surface area contributed by atoms with Crippen LogP contribution in [0.15, 0.2) is 29.4 Å². The third kappa shape index (κ3) is 2.73. The van der Waals surface area contributed by atoms with Crippen molar-refractivity contribution in [3.8, 4) is 11.5 Å². The first kappa shape index (κ1) is 9.95. The third-order valence-electron chi connectivity index (χ3n) is 1.56. The van der Waals surface area contributed by atoms with E-state index < -0.39 is 0 Å². The van der Waals surface area contributed by atoms with E-state index in [0.717, 1.165) is 5.56 Å². The van der Waals surface area contributed by atoms with E-state index in [-0.39, 0.29) is 18.0 Å². The largest absolute Gasteiger partial charge is 0.504 e. The molecule has 0 aromatic heterocycles. The van der Waals surface area contributed by atoms with E-state index in [4.69, 9.17) is 15.7 Å². The molecule has 5 heteroatoms. The molecular formula is C9H9N3O2. The molecule has 14 heavy (non-hydrogen) atoms. The van der Waals surface area contributed by atoms with E-state index in [2.05, 4.69) is 10.0 Å². The van der Waals surface area contributed by atoms with Crippen LogP contribution in [-0.2, 0) is 0 Å². The van der Waals surface area contributed by atoms with E-state index in [1.165, 1.54) is 12.1 Å². The number of aromatic hydroxyl groups is 2. The van der Waals surface area contributed by atoms with E-state index in [1.54, 1.807) is 18.2 Å². The highest BCUT2D eigenvalue weighted by Gasteiger charge is 1.96. The quantitative estimate of drug-likeness (QED) is 0.332. The molecule has 0 aliphatic carbocycles. The minimum absolute atomic E-state index is 0.155. The summed E-state index contributed by atoms with van der Waals surface area (Å²) in [5, 5.41) is 21.5. The van der Waals surface area contributed by atoms with Crippen LogP contribution in [0.2, 0.25) is 0 Å². The van der Waals surface area contributed by atoms with Gasteiger partial charge in [0.25, 0.3) is 0 Å². The lowest BCUT2D eigenvalue weighted by Gasteiger charge is -1.97. The minimum Gasteiger partial charge on any atom is -0.504 e. The molecule has 0 atom stereocenters. The van der Waals surface area contributed by atoms with Gasteiger partial charge in [0, 0.05) is 11.5 Å². The zero-order chi connectivity index (χ0) is 10.4. The van der Waals surface area contributed by atoms with Gasteiger partial charge >= 0.3 is 0 Å². The molecule has 5 nitrogen and oxygen atoms in total. The molecule has 1 aromatic carbocycles. The van der Waals surface area contributed by atoms with Gasteiger partial charge in [-0.15, -0.1) is 0 Å². The first-order valence-electron chi connectivity index (χ1n) is 3.93. The molecular weight excluding hydrogens is 182 g/mol. The maximum atomic E-state index is 9.14. The van der Waals surface area contributed by atoms with Crippen LogP contribution in [0.25, 0.3) is 16.5 Å². The van der Waals surface area contributed by atoms with Crippen LogP contribution in [0.3, 0.4) is 0 Å². The smallest absolute Gasteiger partial charge is 0.157 e. The van der Waals surface area contributed by atoms with Gasteiger partial charge in [0.1, 0.15) is 0 Å². The van der Waals surface area contributed by atoms with Crippen molar-refractivity contribution in [2.24, 2.45) is 5.11 Å². The lowest BCUT2D eigenvalue weighted by Crippen LogP contribution is -1.74. The Labute approximate surface area is 80.6 Å². The molecule has 0 amide bonds. The van der Waals surface area contributed by atoms with Crippen LogP contribution in [0.5, 0.6) is 11.5 Å². The number of hydrogen-bond acceptors (Lipinski definition) is 3. The highest BCUT2D eigenvalue weighted by Crippen LogP contribution is 2.25. The maximum absolute atomic E-state index is 9.14. The number of phenols is 2. The predicted molar refractivity (Wildman–Crippen MR) is 52.8 cm³/mol. The third-order valence-corrected chi connectivity index (χ3v) is 1.56. The molecule has 0 heterocycles. The minimum atomic E-state index is -0.170. The van der Waals surface area contributed by atoms with Crippen molar-refractivity contribution in [3.05, 3.63) is 40.3 Å². The molecule has 1 rings (SSSR count). The van der Waals surface area contributed by atoms with Gasteiger partial charge in [-0.1, -0.05) is 23.3 Å². The average molecular weight is 191 g/mol. The van der Waals surface area contributed by atoms with Crippen molar-refractivity contribution in [2.45, 2.75) is 0 Å². The van der Waals surface area contributed by atoms with Crippen LogP contribution in [0.4, 0.5) is 0 Å². The molecule has 0 radical (unpaired) electrons. The van der Waals surface area contributed by atoms with Crippen LogP contribution in [-0.4, -0.2) is 16.8 Å². The fraction of sp³-hybridized carbons (Fsp3) is 0.111. The Morgan fingerprint density at radius 1 is 1.36 bits per heavy atom. The monoisotopic (exact) mass is 191 g/mol. The predicted octanol–water partition coefficient (Wildman–Crippen LogP) is 2.42. The first-order chi connectivity index (χ1) is 6.74. The van der Waals surface area contributed by atoms with Crippen molar-refractivity contribution in [1.82, 2.24) is 0 Å². The molecule has 0 spiro atoms. The molecule has 0 aliphatic heterocycles. The second-order valence-electron chi connectivity index (χ2n) is 2.56. The Morgan fingerprint density at radius 3 is 2.79 bits per heavy atom. The Kier molecular flexibility index (Phi) is 3.41. The van der Waals surface area contributed by atoms with Gasteiger partial charge in [0.05, 0.1) is 0 Å². The number of rotatable bonds is 3. The lowest BCUT2D eigenvalue weighted by molar-refractivity contribution is 0.403. The van der Waals surface area contributed by atoms with Gasteiger partial charge in [-0.25, -0.2) is 0 Å². The number of azide groups is 1. The van der Waals surface area contributed by atoms with Crippen molar-refractivity contribution in [3.63, 3.8) is 0 Å². The summed E-state index contributed by atoms with van der Waals surface area (Å²) < 4.78 is 0. The molecule has 0 saturated heterocycles. The van der Waals surface area contributed by atoms with E-state index in [9.17, 15) is 0 Å². The lowest BCUT2D eigenvalue weighted by atomic mass is 10.2. The Morgan fingerprint density at radius 2 is 2.14 bits per heavy atom. The van der Waals surface area contributed by atoms with Crippen molar-refractivity contribution in [2.75, 3.05) is 6.54 Å². The summed E-state index contributed by atoms with van der Waals surface area (Å²) >= 11 is 0. The van der Waals surface area contributed by atoms with Crippen molar-refractivity contribution in [1.29, 1.82) is 0 Å². The normalized spacial score (nSPS) is 10.0. The summed E-state index contributed by atoms with van der Waals surface area (Å²) in [7, 11) is 0. The van der Waals surface area contributed by atoms with E-state index >= 15 is 0 Å². The van der Waals surface area contributed by atoms with Crippen LogP contribution >= 0.6 is 0 Å². The molecule has 0 aliphatic rings. The summed E-state index contributed by atoms with van der Waals surface area (Å²) in [4.78, 5) is 2.58. The maximum Gasteiger partial charge on any atom is 0.157 e. The average Bonchev–Trinajstić information content (AvgIpc) is 2.18. The number of benzene rings is 1. The van der Waals surface area contributed by atoms with Gasteiger partial charge < -0.3 is 10.2 Å². The molecule has 1 aromatic rings. The fourth-order valence-corrected chi connectivity index (χ4v) is 0.917. The topological polar surface area (TPSA) is 89.2 Å². The zero-order valence-corrected chi connectivity index (χ0v) is 7.33. The van der Waals surface area contributed by atoms with Crippen LogP contribution in [0.1, 0.15) is 5.56 Å². The second kappa shape index (κ2) is 4.79. The number of nitrogens with zero attached hydrogens (tertiary/aromatic N) is 3. The summed E-state index contributed by atoms with van der Waals surface area (Å²) in [6.45, 7) is 0.262. The standard InChI is InChI=1S/C9H9N3O2/c10-12-11-5-1-2-7-3-4-8(13)9(14)6-7/h1-4,6,13-14H,5H2. The van der Waals surface area contributed by atoms with Crippen molar-refractivity contribution < 1.29 is 10.2 Å². The van der Waals surface area contributed by atoms with Gasteiger partial charge in [-0.3, -0.25) is 0 Å². The summed E-state index contributed by atoms with van der Waals surface area (Å²) in [6.07, 6.45) is 3.35. The molecule has 0 saturated carbocycles. The molecule has 2 N–H and O–H groups in total. The van der Waals surface area contributed by atoms with Crippen molar-refractivity contribution >= 4 is 6.08 Å². The van der Waals surface area contributed by atoms with Gasteiger partial charge in [-0.05, 0) is 23.2 Å². The fourth-order valence-electron chi connectivity index (χ4n) is 0.917. The van der Waals surface area contributed by atoms with Crippen LogP contribution in [0, 0.1) is 0 Å². The van der Waals surface area contributed by atoms with E-state index in [0.29, 0.717) is 0 Å². The van der Waals surface area contributed by atoms with E-state index in [1.807, 2.05) is 0 Å². The Balaban J connectivity index is 2.72. The Bertz CT molecular complexity index is 395. The summed E-state index contributed by atoms with van der Waals surface area (Å²) in [5.41, 5.74) is 8.73. The zero-order valence-electron chi connectivity index (χ0n) is 7.33. The second-order valence-corrected chi connectivity index (χ2v) is 2.56. The first-order valence-corrected chi connectivity index (χ1v) is 3.93. The molecule has 0 bridgehead atoms. The van der Waals surface area contributed by atoms with Gasteiger partial charge in [0.15, 0.2) is 11.5 Å². The van der Waals surface area contributed by atoms with Gasteiger partial charge in [-0.2, -0.15) is 0 Å². The highest BCUT2D eigenvalue weighted by atomic mass is 16.3. The molecule has 72 valence electrons. The summed E-state index contributed by atoms with van der Waals surface area (Å²) in [6, 6.07) is 4.45. The highest BCUT2D eigenvalue weighted by molar-refractivity contribution is 5.55. The van der Waals surface area contributed by atoms with Gasteiger partial charge in [0.2, 0.25) is 0 Å². The molecule has 0 fully saturated rings. The SMILES string of the molecule is [N-]=[N+]=NCC=Cc1ccc(O)c(O)c1. The Hall–Kier alpha value is -2.13. The number of phenolic OH excluding ortho intramolecular Hbond substituents is 2.